The molecule has 0 N–H and O–H groups in total. The van der Waals surface area contributed by atoms with E-state index >= 15 is 0 Å². The molecule has 0 spiro atoms. The van der Waals surface area contributed by atoms with Crippen molar-refractivity contribution in [2.24, 2.45) is 0 Å². The standard InChI is InChI=1S/C20H21NO8S2/c22-21(23)15-3-5-16(6-4-15)31(24,25)29-8-7-26-12-20-17-11-19-18(27-13-28-19)10-14(17)2-1-9-30-20/h3-6,10-11,20H,1-2,7-9,12-13H2. The minimum absolute atomic E-state index is 0.100. The number of hydrogen-bond acceptors (Lipinski definition) is 9. The number of aryl methyl sites for hydroxylation is 1. The van der Waals surface area contributed by atoms with Gasteiger partial charge in [-0.2, -0.15) is 20.2 Å². The lowest BCUT2D eigenvalue weighted by Crippen LogP contribution is -2.14. The van der Waals surface area contributed by atoms with Crippen LogP contribution in [0.25, 0.3) is 0 Å². The van der Waals surface area contributed by atoms with Crippen molar-refractivity contribution in [1.29, 1.82) is 0 Å². The molecule has 11 heteroatoms. The van der Waals surface area contributed by atoms with Crippen LogP contribution in [0.5, 0.6) is 11.5 Å². The first-order chi connectivity index (χ1) is 14.9. The van der Waals surface area contributed by atoms with Crippen LogP contribution in [0.3, 0.4) is 0 Å². The van der Waals surface area contributed by atoms with E-state index in [1.54, 1.807) is 11.8 Å². The highest BCUT2D eigenvalue weighted by Crippen LogP contribution is 2.43. The summed E-state index contributed by atoms with van der Waals surface area (Å²) in [5.41, 5.74) is 2.19. The van der Waals surface area contributed by atoms with Crippen molar-refractivity contribution < 1.29 is 31.7 Å². The molecule has 4 rings (SSSR count). The van der Waals surface area contributed by atoms with Gasteiger partial charge in [-0.1, -0.05) is 0 Å². The number of non-ortho nitro benzene ring substituents is 1. The maximum atomic E-state index is 12.2. The van der Waals surface area contributed by atoms with Crippen LogP contribution in [0.1, 0.15) is 22.8 Å². The zero-order chi connectivity index (χ0) is 21.8. The van der Waals surface area contributed by atoms with Gasteiger partial charge in [0, 0.05) is 12.1 Å². The second kappa shape index (κ2) is 9.43. The zero-order valence-corrected chi connectivity index (χ0v) is 18.2. The highest BCUT2D eigenvalue weighted by Gasteiger charge is 2.25. The smallest absolute Gasteiger partial charge is 0.297 e. The summed E-state index contributed by atoms with van der Waals surface area (Å²) in [6, 6.07) is 8.60. The quantitative estimate of drug-likeness (QED) is 0.249. The largest absolute Gasteiger partial charge is 0.454 e. The maximum absolute atomic E-state index is 12.2. The van der Waals surface area contributed by atoms with E-state index in [0.717, 1.165) is 59.9 Å². The minimum atomic E-state index is -4.01. The third-order valence-corrected chi connectivity index (χ3v) is 7.61. The molecule has 0 amide bonds. The van der Waals surface area contributed by atoms with E-state index in [1.807, 2.05) is 12.1 Å². The molecular formula is C20H21NO8S2. The normalized spacial score (nSPS) is 17.7. The summed E-state index contributed by atoms with van der Waals surface area (Å²) in [6.07, 6.45) is 2.02. The summed E-state index contributed by atoms with van der Waals surface area (Å²) in [4.78, 5) is 9.95. The average Bonchev–Trinajstić information content (AvgIpc) is 3.12. The predicted molar refractivity (Wildman–Crippen MR) is 113 cm³/mol. The molecule has 0 aromatic heterocycles. The molecule has 2 aliphatic rings. The van der Waals surface area contributed by atoms with Gasteiger partial charge >= 0.3 is 0 Å². The van der Waals surface area contributed by atoms with Gasteiger partial charge in [0.2, 0.25) is 6.79 Å². The Kier molecular flexibility index (Phi) is 6.65. The van der Waals surface area contributed by atoms with Crippen LogP contribution < -0.4 is 9.47 Å². The van der Waals surface area contributed by atoms with Crippen molar-refractivity contribution in [3.05, 3.63) is 57.6 Å². The van der Waals surface area contributed by atoms with Crippen LogP contribution >= 0.6 is 11.8 Å². The summed E-state index contributed by atoms with van der Waals surface area (Å²) in [6.45, 7) is 0.596. The first-order valence-corrected chi connectivity index (χ1v) is 12.2. The molecule has 0 saturated carbocycles. The molecule has 2 aromatic rings. The van der Waals surface area contributed by atoms with Crippen LogP contribution in [0.15, 0.2) is 41.3 Å². The first-order valence-electron chi connectivity index (χ1n) is 9.70. The van der Waals surface area contributed by atoms with Crippen molar-refractivity contribution in [2.75, 3.05) is 32.4 Å². The van der Waals surface area contributed by atoms with E-state index in [9.17, 15) is 18.5 Å². The van der Waals surface area contributed by atoms with Gasteiger partial charge in [0.25, 0.3) is 15.8 Å². The molecule has 2 heterocycles. The highest BCUT2D eigenvalue weighted by molar-refractivity contribution is 7.99. The Morgan fingerprint density at radius 1 is 1.13 bits per heavy atom. The molecule has 1 unspecified atom stereocenters. The van der Waals surface area contributed by atoms with Gasteiger partial charge < -0.3 is 14.2 Å². The Hall–Kier alpha value is -2.34. The van der Waals surface area contributed by atoms with Gasteiger partial charge in [-0.3, -0.25) is 14.3 Å². The molecule has 2 aliphatic heterocycles. The fourth-order valence-electron chi connectivity index (χ4n) is 3.43. The number of hydrogen-bond donors (Lipinski definition) is 0. The predicted octanol–water partition coefficient (Wildman–Crippen LogP) is 3.47. The fourth-order valence-corrected chi connectivity index (χ4v) is 5.51. The minimum Gasteiger partial charge on any atom is -0.454 e. The van der Waals surface area contributed by atoms with E-state index < -0.39 is 15.0 Å². The molecule has 0 bridgehead atoms. The molecule has 0 radical (unpaired) electrons. The number of nitro benzene ring substituents is 1. The molecule has 31 heavy (non-hydrogen) atoms. The summed E-state index contributed by atoms with van der Waals surface area (Å²) >= 11 is 1.80. The van der Waals surface area contributed by atoms with Gasteiger partial charge in [-0.25, -0.2) is 0 Å². The van der Waals surface area contributed by atoms with Crippen molar-refractivity contribution in [3.8, 4) is 11.5 Å². The molecular weight excluding hydrogens is 446 g/mol. The first kappa shape index (κ1) is 21.9. The lowest BCUT2D eigenvalue weighted by molar-refractivity contribution is -0.384. The van der Waals surface area contributed by atoms with Gasteiger partial charge in [-0.15, -0.1) is 0 Å². The lowest BCUT2D eigenvalue weighted by Gasteiger charge is -2.18. The molecule has 0 saturated heterocycles. The number of ether oxygens (including phenoxy) is 3. The molecule has 0 fully saturated rings. The van der Waals surface area contributed by atoms with Crippen molar-refractivity contribution in [3.63, 3.8) is 0 Å². The second-order valence-corrected chi connectivity index (χ2v) is 9.90. The summed E-state index contributed by atoms with van der Waals surface area (Å²) < 4.78 is 46.1. The van der Waals surface area contributed by atoms with Crippen molar-refractivity contribution in [1.82, 2.24) is 0 Å². The number of fused-ring (bicyclic) bond motifs is 2. The Morgan fingerprint density at radius 3 is 2.61 bits per heavy atom. The van der Waals surface area contributed by atoms with Gasteiger partial charge in [-0.05, 0) is 54.0 Å². The summed E-state index contributed by atoms with van der Waals surface area (Å²) in [5.74, 6) is 2.51. The molecule has 9 nitrogen and oxygen atoms in total. The third-order valence-electron chi connectivity index (χ3n) is 4.96. The van der Waals surface area contributed by atoms with Crippen LogP contribution in [-0.2, 0) is 25.5 Å². The van der Waals surface area contributed by atoms with Crippen LogP contribution in [0, 0.1) is 10.1 Å². The van der Waals surface area contributed by atoms with E-state index in [4.69, 9.17) is 18.4 Å². The molecule has 0 aliphatic carbocycles. The zero-order valence-electron chi connectivity index (χ0n) is 16.5. The lowest BCUT2D eigenvalue weighted by atomic mass is 10.00. The third kappa shape index (κ3) is 5.12. The van der Waals surface area contributed by atoms with Gasteiger partial charge in [0.15, 0.2) is 11.5 Å². The summed E-state index contributed by atoms with van der Waals surface area (Å²) in [5, 5.41) is 10.8. The molecule has 1 atom stereocenters. The SMILES string of the molecule is O=[N+]([O-])c1ccc(S(=O)(=O)OCCOCC2SCCCc3cc4c(cc32)OCO4)cc1. The van der Waals surface area contributed by atoms with Gasteiger partial charge in [0.1, 0.15) is 0 Å². The fraction of sp³-hybridized carbons (Fsp3) is 0.400. The van der Waals surface area contributed by atoms with Crippen LogP contribution in [-0.4, -0.2) is 45.7 Å². The number of rotatable bonds is 8. The van der Waals surface area contributed by atoms with Gasteiger partial charge in [0.05, 0.1) is 34.9 Å². The van der Waals surface area contributed by atoms with E-state index in [1.165, 1.54) is 5.56 Å². The van der Waals surface area contributed by atoms with Crippen LogP contribution in [0.4, 0.5) is 5.69 Å². The van der Waals surface area contributed by atoms with E-state index in [0.29, 0.717) is 6.61 Å². The molecule has 166 valence electrons. The molecule has 2 aromatic carbocycles. The van der Waals surface area contributed by atoms with Crippen molar-refractivity contribution >= 4 is 27.6 Å². The Bertz CT molecular complexity index is 1060. The Labute approximate surface area is 183 Å². The highest BCUT2D eigenvalue weighted by atomic mass is 32.2. The number of nitro groups is 1. The number of thioether (sulfide) groups is 1. The Morgan fingerprint density at radius 2 is 1.87 bits per heavy atom. The maximum Gasteiger partial charge on any atom is 0.297 e. The van der Waals surface area contributed by atoms with E-state index in [2.05, 4.69) is 0 Å². The Balaban J connectivity index is 1.30. The van der Waals surface area contributed by atoms with E-state index in [-0.39, 0.29) is 35.8 Å². The topological polar surface area (TPSA) is 114 Å². The number of benzene rings is 2. The number of nitrogens with zero attached hydrogens (tertiary/aromatic N) is 1. The van der Waals surface area contributed by atoms with Crippen molar-refractivity contribution in [2.45, 2.75) is 23.0 Å². The van der Waals surface area contributed by atoms with Crippen LogP contribution in [0.2, 0.25) is 0 Å². The summed E-state index contributed by atoms with van der Waals surface area (Å²) in [7, 11) is -4.01. The monoisotopic (exact) mass is 467 g/mol. The average molecular weight is 468 g/mol. The second-order valence-electron chi connectivity index (χ2n) is 6.97.